The second-order valence-electron chi connectivity index (χ2n) is 5.65. The lowest BCUT2D eigenvalue weighted by Gasteiger charge is -2.20. The van der Waals surface area contributed by atoms with Crippen molar-refractivity contribution in [2.24, 2.45) is 5.41 Å². The number of hydrogen-bond donors (Lipinski definition) is 0. The zero-order valence-corrected chi connectivity index (χ0v) is 11.2. The lowest BCUT2D eigenvalue weighted by molar-refractivity contribution is -0.387. The predicted molar refractivity (Wildman–Crippen MR) is 67.3 cm³/mol. The van der Waals surface area contributed by atoms with E-state index in [2.05, 4.69) is 0 Å². The number of rotatable bonds is 2. The number of hydrogen-bond acceptors (Lipinski definition) is 3. The van der Waals surface area contributed by atoms with Gasteiger partial charge in [0.1, 0.15) is 11.4 Å². The Morgan fingerprint density at radius 3 is 2.55 bits per heavy atom. The molecule has 1 amide bonds. The molecule has 2 rings (SSSR count). The van der Waals surface area contributed by atoms with Gasteiger partial charge in [0.15, 0.2) is 0 Å². The third kappa shape index (κ3) is 2.48. The van der Waals surface area contributed by atoms with Crippen molar-refractivity contribution in [2.45, 2.75) is 20.3 Å². The van der Waals surface area contributed by atoms with Crippen LogP contribution >= 0.6 is 0 Å². The van der Waals surface area contributed by atoms with Crippen LogP contribution in [0.25, 0.3) is 0 Å². The lowest BCUT2D eigenvalue weighted by Crippen LogP contribution is -2.31. The van der Waals surface area contributed by atoms with Crippen molar-refractivity contribution in [3.8, 4) is 0 Å². The Hall–Kier alpha value is -2.05. The van der Waals surface area contributed by atoms with Gasteiger partial charge >= 0.3 is 5.69 Å². The van der Waals surface area contributed by atoms with Crippen LogP contribution in [0.4, 0.5) is 14.5 Å². The lowest BCUT2D eigenvalue weighted by atomic mass is 9.93. The van der Waals surface area contributed by atoms with Crippen molar-refractivity contribution in [1.82, 2.24) is 4.90 Å². The van der Waals surface area contributed by atoms with Gasteiger partial charge in [-0.1, -0.05) is 13.8 Å². The summed E-state index contributed by atoms with van der Waals surface area (Å²) in [6, 6.07) is 1.46. The van der Waals surface area contributed by atoms with Gasteiger partial charge in [-0.15, -0.1) is 0 Å². The van der Waals surface area contributed by atoms with Gasteiger partial charge in [0.2, 0.25) is 5.82 Å². The van der Waals surface area contributed by atoms with Crippen molar-refractivity contribution in [2.75, 3.05) is 13.1 Å². The summed E-state index contributed by atoms with van der Waals surface area (Å²) in [5.74, 6) is -3.33. The first-order valence-electron chi connectivity index (χ1n) is 6.14. The summed E-state index contributed by atoms with van der Waals surface area (Å²) in [6.45, 7) is 4.64. The maximum Gasteiger partial charge on any atom is 0.305 e. The van der Waals surface area contributed by atoms with E-state index < -0.39 is 33.7 Å². The zero-order valence-electron chi connectivity index (χ0n) is 11.2. The van der Waals surface area contributed by atoms with Crippen LogP contribution in [-0.4, -0.2) is 28.8 Å². The van der Waals surface area contributed by atoms with Crippen LogP contribution in [0.1, 0.15) is 30.6 Å². The molecule has 0 aliphatic carbocycles. The highest BCUT2D eigenvalue weighted by molar-refractivity contribution is 5.95. The summed E-state index contributed by atoms with van der Waals surface area (Å²) in [7, 11) is 0. The standard InChI is InChI=1S/C13H14F2N2O3/c1-13(2)5-6-16(7-13)12(18)10-8(14)3-4-9(11(10)15)17(19)20/h3-4H,5-7H2,1-2H3. The Bertz CT molecular complexity index is 587. The van der Waals surface area contributed by atoms with E-state index in [0.717, 1.165) is 18.6 Å². The van der Waals surface area contributed by atoms with Crippen LogP contribution in [0.2, 0.25) is 0 Å². The summed E-state index contributed by atoms with van der Waals surface area (Å²) >= 11 is 0. The summed E-state index contributed by atoms with van der Waals surface area (Å²) in [6.07, 6.45) is 0.719. The molecule has 5 nitrogen and oxygen atoms in total. The molecule has 1 aromatic rings. The highest BCUT2D eigenvalue weighted by atomic mass is 19.1. The number of nitro groups is 1. The first-order chi connectivity index (χ1) is 9.23. The molecule has 108 valence electrons. The molecule has 0 N–H and O–H groups in total. The van der Waals surface area contributed by atoms with E-state index >= 15 is 0 Å². The first kappa shape index (κ1) is 14.4. The van der Waals surface area contributed by atoms with Gasteiger partial charge in [-0.3, -0.25) is 14.9 Å². The van der Waals surface area contributed by atoms with E-state index in [-0.39, 0.29) is 5.41 Å². The third-order valence-electron chi connectivity index (χ3n) is 3.45. The van der Waals surface area contributed by atoms with Crippen molar-refractivity contribution in [3.05, 3.63) is 39.4 Å². The molecule has 1 aliphatic heterocycles. The van der Waals surface area contributed by atoms with E-state index in [1.165, 1.54) is 4.90 Å². The SMILES string of the molecule is CC1(C)CCN(C(=O)c2c(F)ccc([N+](=O)[O-])c2F)C1. The van der Waals surface area contributed by atoms with Crippen LogP contribution < -0.4 is 0 Å². The maximum absolute atomic E-state index is 14.0. The Labute approximate surface area is 114 Å². The highest BCUT2D eigenvalue weighted by Gasteiger charge is 2.36. The normalized spacial score (nSPS) is 17.3. The molecule has 0 bridgehead atoms. The van der Waals surface area contributed by atoms with Crippen molar-refractivity contribution < 1.29 is 18.5 Å². The fourth-order valence-corrected chi connectivity index (χ4v) is 2.32. The van der Waals surface area contributed by atoms with E-state index in [1.54, 1.807) is 0 Å². The summed E-state index contributed by atoms with van der Waals surface area (Å²) in [5, 5.41) is 10.7. The number of likely N-dealkylation sites (tertiary alicyclic amines) is 1. The first-order valence-corrected chi connectivity index (χ1v) is 6.14. The smallest absolute Gasteiger partial charge is 0.305 e. The van der Waals surface area contributed by atoms with E-state index in [4.69, 9.17) is 0 Å². The van der Waals surface area contributed by atoms with Gasteiger partial charge in [-0.05, 0) is 17.9 Å². The minimum absolute atomic E-state index is 0.122. The molecular weight excluding hydrogens is 270 g/mol. The quantitative estimate of drug-likeness (QED) is 0.619. The topological polar surface area (TPSA) is 63.5 Å². The Morgan fingerprint density at radius 1 is 1.40 bits per heavy atom. The van der Waals surface area contributed by atoms with E-state index in [9.17, 15) is 23.7 Å². The minimum atomic E-state index is -1.41. The predicted octanol–water partition coefficient (Wildman–Crippen LogP) is 2.75. The number of benzene rings is 1. The number of carbonyl (C=O) groups is 1. The van der Waals surface area contributed by atoms with Crippen LogP contribution in [0, 0.1) is 27.2 Å². The largest absolute Gasteiger partial charge is 0.338 e. The van der Waals surface area contributed by atoms with Crippen molar-refractivity contribution in [1.29, 1.82) is 0 Å². The summed E-state index contributed by atoms with van der Waals surface area (Å²) in [5.41, 5.74) is -1.87. The average molecular weight is 284 g/mol. The molecule has 1 aliphatic rings. The molecule has 7 heteroatoms. The van der Waals surface area contributed by atoms with Gasteiger partial charge in [-0.2, -0.15) is 4.39 Å². The molecule has 0 unspecified atom stereocenters. The van der Waals surface area contributed by atoms with Crippen LogP contribution in [0.3, 0.4) is 0 Å². The van der Waals surface area contributed by atoms with Crippen LogP contribution in [-0.2, 0) is 0 Å². The summed E-state index contributed by atoms with van der Waals surface area (Å²) in [4.78, 5) is 23.2. The Morgan fingerprint density at radius 2 is 2.05 bits per heavy atom. The molecule has 1 saturated heterocycles. The molecule has 0 spiro atoms. The Kier molecular flexibility index (Phi) is 3.45. The molecule has 0 aromatic heterocycles. The van der Waals surface area contributed by atoms with Crippen LogP contribution in [0.15, 0.2) is 12.1 Å². The molecule has 0 atom stereocenters. The highest BCUT2D eigenvalue weighted by Crippen LogP contribution is 2.31. The maximum atomic E-state index is 14.0. The van der Waals surface area contributed by atoms with E-state index in [1.807, 2.05) is 13.8 Å². The monoisotopic (exact) mass is 284 g/mol. The molecule has 0 saturated carbocycles. The minimum Gasteiger partial charge on any atom is -0.338 e. The molecule has 1 heterocycles. The number of amides is 1. The Balaban J connectivity index is 2.40. The van der Waals surface area contributed by atoms with E-state index in [0.29, 0.717) is 13.1 Å². The van der Waals surface area contributed by atoms with Gasteiger partial charge < -0.3 is 4.90 Å². The molecule has 20 heavy (non-hydrogen) atoms. The molecule has 1 aromatic carbocycles. The fourth-order valence-electron chi connectivity index (χ4n) is 2.32. The zero-order chi connectivity index (χ0) is 15.1. The average Bonchev–Trinajstić information content (AvgIpc) is 2.69. The number of nitro benzene ring substituents is 1. The second kappa shape index (κ2) is 4.81. The van der Waals surface area contributed by atoms with Gasteiger partial charge in [0.05, 0.1) is 4.92 Å². The van der Waals surface area contributed by atoms with Gasteiger partial charge in [0, 0.05) is 19.2 Å². The van der Waals surface area contributed by atoms with Crippen molar-refractivity contribution in [3.63, 3.8) is 0 Å². The van der Waals surface area contributed by atoms with Crippen LogP contribution in [0.5, 0.6) is 0 Å². The molecule has 1 fully saturated rings. The number of nitrogens with zero attached hydrogens (tertiary/aromatic N) is 2. The molecular formula is C13H14F2N2O3. The van der Waals surface area contributed by atoms with Crippen molar-refractivity contribution >= 4 is 11.6 Å². The summed E-state index contributed by atoms with van der Waals surface area (Å²) < 4.78 is 27.6. The number of halogens is 2. The van der Waals surface area contributed by atoms with Gasteiger partial charge in [0.25, 0.3) is 5.91 Å². The number of carbonyl (C=O) groups excluding carboxylic acids is 1. The second-order valence-corrected chi connectivity index (χ2v) is 5.65. The third-order valence-corrected chi connectivity index (χ3v) is 3.45. The molecule has 0 radical (unpaired) electrons. The van der Waals surface area contributed by atoms with Gasteiger partial charge in [-0.25, -0.2) is 4.39 Å². The fraction of sp³-hybridized carbons (Fsp3) is 0.462.